The summed E-state index contributed by atoms with van der Waals surface area (Å²) in [4.78, 5) is 16.0. The fourth-order valence-electron chi connectivity index (χ4n) is 3.68. The lowest BCUT2D eigenvalue weighted by Crippen LogP contribution is -2.42. The van der Waals surface area contributed by atoms with Crippen LogP contribution in [0.3, 0.4) is 0 Å². The van der Waals surface area contributed by atoms with Crippen LogP contribution in [0.2, 0.25) is 5.02 Å². The van der Waals surface area contributed by atoms with E-state index in [4.69, 9.17) is 22.1 Å². The number of hydrogen-bond acceptors (Lipinski definition) is 5. The van der Waals surface area contributed by atoms with E-state index in [1.54, 1.807) is 18.9 Å². The maximum Gasteiger partial charge on any atom is 0.222 e. The van der Waals surface area contributed by atoms with E-state index in [0.717, 1.165) is 33.1 Å². The molecule has 3 aromatic rings. The quantitative estimate of drug-likeness (QED) is 0.522. The lowest BCUT2D eigenvalue weighted by atomic mass is 10.1. The zero-order valence-electron chi connectivity index (χ0n) is 17.2. The molecule has 3 aromatic carbocycles. The molecule has 1 aliphatic rings. The molecule has 1 heterocycles. The summed E-state index contributed by atoms with van der Waals surface area (Å²) in [7, 11) is 1.64. The van der Waals surface area contributed by atoms with E-state index in [1.807, 2.05) is 66.7 Å². The number of amides is 1. The fraction of sp³-hybridized carbons (Fsp3) is 0.208. The van der Waals surface area contributed by atoms with Gasteiger partial charge in [0.25, 0.3) is 0 Å². The molecule has 0 fully saturated rings. The predicted molar refractivity (Wildman–Crippen MR) is 127 cm³/mol. The number of methoxy groups -OCH3 is 1. The van der Waals surface area contributed by atoms with Crippen molar-refractivity contribution in [2.24, 2.45) is 5.73 Å². The van der Waals surface area contributed by atoms with Crippen LogP contribution in [0.1, 0.15) is 17.5 Å². The number of carbonyl (C=O) groups is 1. The van der Waals surface area contributed by atoms with E-state index in [-0.39, 0.29) is 11.4 Å². The average molecular weight is 454 g/mol. The van der Waals surface area contributed by atoms with Crippen LogP contribution >= 0.6 is 23.4 Å². The molecule has 1 atom stereocenters. The Morgan fingerprint density at radius 3 is 2.77 bits per heavy atom. The largest absolute Gasteiger partial charge is 0.497 e. The van der Waals surface area contributed by atoms with Gasteiger partial charge in [0.15, 0.2) is 5.50 Å². The minimum atomic E-state index is -0.305. The standard InChI is InChI=1S/C24H24ClN3O2S/c1-30-18-8-4-6-16(14-18)12-13-22(29)27-24-28(20-10-2-3-11-21(20)31-24)23-17(15-26)7-5-9-19(23)25/h2-11,14,24H,12-13,15,26H2,1H3,(H,27,29). The number of aryl methyl sites for hydroxylation is 1. The normalized spacial score (nSPS) is 14.9. The smallest absolute Gasteiger partial charge is 0.222 e. The Morgan fingerprint density at radius 2 is 1.97 bits per heavy atom. The van der Waals surface area contributed by atoms with Crippen LogP contribution in [0.4, 0.5) is 11.4 Å². The molecule has 0 saturated carbocycles. The summed E-state index contributed by atoms with van der Waals surface area (Å²) in [5.41, 5.74) is 9.53. The molecule has 160 valence electrons. The van der Waals surface area contributed by atoms with Crippen molar-refractivity contribution in [3.05, 3.63) is 82.9 Å². The summed E-state index contributed by atoms with van der Waals surface area (Å²) < 4.78 is 5.27. The van der Waals surface area contributed by atoms with Crippen LogP contribution in [0.25, 0.3) is 0 Å². The molecule has 3 N–H and O–H groups in total. The van der Waals surface area contributed by atoms with Crippen molar-refractivity contribution in [3.8, 4) is 5.75 Å². The molecule has 0 spiro atoms. The monoisotopic (exact) mass is 453 g/mol. The number of nitrogens with one attached hydrogen (secondary N) is 1. The number of nitrogens with two attached hydrogens (primary N) is 1. The molecule has 1 unspecified atom stereocenters. The number of rotatable bonds is 7. The molecule has 31 heavy (non-hydrogen) atoms. The van der Waals surface area contributed by atoms with E-state index in [0.29, 0.717) is 24.4 Å². The molecule has 1 aliphatic heterocycles. The molecule has 0 bridgehead atoms. The van der Waals surface area contributed by atoms with Crippen molar-refractivity contribution in [2.75, 3.05) is 12.0 Å². The van der Waals surface area contributed by atoms with Gasteiger partial charge >= 0.3 is 0 Å². The van der Waals surface area contributed by atoms with Crippen LogP contribution in [0, 0.1) is 0 Å². The second-order valence-corrected chi connectivity index (χ2v) is 8.71. The van der Waals surface area contributed by atoms with E-state index < -0.39 is 0 Å². The molecule has 5 nitrogen and oxygen atoms in total. The summed E-state index contributed by atoms with van der Waals surface area (Å²) in [5, 5.41) is 3.78. The number of nitrogens with zero attached hydrogens (tertiary/aromatic N) is 1. The van der Waals surface area contributed by atoms with Crippen LogP contribution in [-0.4, -0.2) is 18.5 Å². The zero-order chi connectivity index (χ0) is 21.8. The maximum absolute atomic E-state index is 12.9. The first-order valence-electron chi connectivity index (χ1n) is 10.1. The van der Waals surface area contributed by atoms with Gasteiger partial charge in [-0.3, -0.25) is 4.79 Å². The highest BCUT2D eigenvalue weighted by molar-refractivity contribution is 8.00. The van der Waals surface area contributed by atoms with Gasteiger partial charge in [-0.05, 0) is 47.9 Å². The maximum atomic E-state index is 12.9. The Balaban J connectivity index is 1.55. The Morgan fingerprint density at radius 1 is 1.16 bits per heavy atom. The van der Waals surface area contributed by atoms with Crippen molar-refractivity contribution in [2.45, 2.75) is 29.8 Å². The molecule has 0 radical (unpaired) electrons. The van der Waals surface area contributed by atoms with E-state index in [9.17, 15) is 4.79 Å². The topological polar surface area (TPSA) is 67.6 Å². The summed E-state index contributed by atoms with van der Waals surface area (Å²) in [6, 6.07) is 21.6. The molecule has 0 aromatic heterocycles. The van der Waals surface area contributed by atoms with Gasteiger partial charge < -0.3 is 20.7 Å². The number of ether oxygens (including phenoxy) is 1. The Labute approximate surface area is 191 Å². The second-order valence-electron chi connectivity index (χ2n) is 7.18. The Kier molecular flexibility index (Phi) is 6.70. The van der Waals surface area contributed by atoms with Gasteiger partial charge in [-0.2, -0.15) is 0 Å². The molecule has 0 aliphatic carbocycles. The number of halogens is 1. The highest BCUT2D eigenvalue weighted by Crippen LogP contribution is 2.49. The first kappa shape index (κ1) is 21.6. The van der Waals surface area contributed by atoms with Crippen molar-refractivity contribution in [3.63, 3.8) is 0 Å². The third-order valence-corrected chi connectivity index (χ3v) is 6.64. The summed E-state index contributed by atoms with van der Waals surface area (Å²) in [5.74, 6) is 0.762. The van der Waals surface area contributed by atoms with Gasteiger partial charge in [0.2, 0.25) is 5.91 Å². The predicted octanol–water partition coefficient (Wildman–Crippen LogP) is 5.08. The first-order chi connectivity index (χ1) is 15.1. The van der Waals surface area contributed by atoms with Gasteiger partial charge in [-0.25, -0.2) is 0 Å². The van der Waals surface area contributed by atoms with Gasteiger partial charge in [0.1, 0.15) is 5.75 Å². The number of hydrogen-bond donors (Lipinski definition) is 2. The van der Waals surface area contributed by atoms with E-state index in [2.05, 4.69) is 10.2 Å². The molecule has 7 heteroatoms. The van der Waals surface area contributed by atoms with Crippen molar-refractivity contribution >= 4 is 40.6 Å². The summed E-state index contributed by atoms with van der Waals surface area (Å²) >= 11 is 8.19. The third-order valence-electron chi connectivity index (χ3n) is 5.19. The van der Waals surface area contributed by atoms with Gasteiger partial charge in [-0.15, -0.1) is 0 Å². The number of para-hydroxylation sites is 2. The number of anilines is 2. The Hall–Kier alpha value is -2.67. The highest BCUT2D eigenvalue weighted by atomic mass is 35.5. The summed E-state index contributed by atoms with van der Waals surface area (Å²) in [6.07, 6.45) is 1.01. The van der Waals surface area contributed by atoms with Crippen molar-refractivity contribution in [1.82, 2.24) is 5.32 Å². The molecule has 0 saturated heterocycles. The number of carbonyl (C=O) groups excluding carboxylic acids is 1. The van der Waals surface area contributed by atoms with E-state index in [1.165, 1.54) is 0 Å². The third kappa shape index (κ3) is 4.66. The number of benzene rings is 3. The second kappa shape index (κ2) is 9.64. The van der Waals surface area contributed by atoms with Crippen LogP contribution < -0.4 is 20.7 Å². The van der Waals surface area contributed by atoms with Gasteiger partial charge in [0, 0.05) is 17.9 Å². The Bertz CT molecular complexity index is 1090. The van der Waals surface area contributed by atoms with E-state index >= 15 is 0 Å². The molecule has 1 amide bonds. The fourth-order valence-corrected chi connectivity index (χ4v) is 5.16. The number of fused-ring (bicyclic) bond motifs is 1. The number of thioether (sulfide) groups is 1. The van der Waals surface area contributed by atoms with Crippen LogP contribution in [0.5, 0.6) is 5.75 Å². The van der Waals surface area contributed by atoms with Crippen molar-refractivity contribution < 1.29 is 9.53 Å². The minimum absolute atomic E-state index is 0.0283. The molecule has 4 rings (SSSR count). The first-order valence-corrected chi connectivity index (χ1v) is 11.3. The van der Waals surface area contributed by atoms with Gasteiger partial charge in [-0.1, -0.05) is 59.8 Å². The lowest BCUT2D eigenvalue weighted by Gasteiger charge is -2.30. The lowest BCUT2D eigenvalue weighted by molar-refractivity contribution is -0.121. The summed E-state index contributed by atoms with van der Waals surface area (Å²) in [6.45, 7) is 0.357. The SMILES string of the molecule is COc1cccc(CCC(=O)NC2Sc3ccccc3N2c2c(Cl)cccc2CN)c1. The van der Waals surface area contributed by atoms with Crippen LogP contribution in [0.15, 0.2) is 71.6 Å². The zero-order valence-corrected chi connectivity index (χ0v) is 18.7. The molecular weight excluding hydrogens is 430 g/mol. The highest BCUT2D eigenvalue weighted by Gasteiger charge is 2.34. The molecular formula is C24H24ClN3O2S. The minimum Gasteiger partial charge on any atom is -0.497 e. The van der Waals surface area contributed by atoms with Gasteiger partial charge in [0.05, 0.1) is 23.5 Å². The van der Waals surface area contributed by atoms with Crippen molar-refractivity contribution in [1.29, 1.82) is 0 Å². The average Bonchev–Trinajstić information content (AvgIpc) is 3.15. The van der Waals surface area contributed by atoms with Crippen LogP contribution in [-0.2, 0) is 17.8 Å².